The number of likely N-dealkylation sites (N-methyl/N-ethyl adjacent to an activating group) is 1. The molecule has 1 aromatic carbocycles. The lowest BCUT2D eigenvalue weighted by Crippen LogP contribution is -3.14. The largest absolute Gasteiger partial charge is 0.369 e. The lowest BCUT2D eigenvalue weighted by molar-refractivity contribution is -0.899. The average Bonchev–Trinajstić information content (AvgIpc) is 3.04. The van der Waals surface area contributed by atoms with E-state index in [0.717, 1.165) is 39.5 Å². The summed E-state index contributed by atoms with van der Waals surface area (Å²) in [4.78, 5) is 31.6. The Bertz CT molecular complexity index is 742. The fourth-order valence-electron chi connectivity index (χ4n) is 3.34. The number of aromatic nitrogens is 1. The summed E-state index contributed by atoms with van der Waals surface area (Å²) in [7, 11) is 1.83. The Hall–Kier alpha value is -1.99. The summed E-state index contributed by atoms with van der Waals surface area (Å²) < 4.78 is 1.14. The van der Waals surface area contributed by atoms with Crippen molar-refractivity contribution in [1.82, 2.24) is 9.88 Å². The summed E-state index contributed by atoms with van der Waals surface area (Å²) in [6, 6.07) is 7.94. The van der Waals surface area contributed by atoms with Crippen molar-refractivity contribution in [2.45, 2.75) is 25.8 Å². The first-order valence-corrected chi connectivity index (χ1v) is 9.51. The Morgan fingerprint density at radius 3 is 2.92 bits per heavy atom. The molecule has 3 atom stereocenters. The highest BCUT2D eigenvalue weighted by Crippen LogP contribution is 2.28. The number of likely N-dealkylation sites (tertiary alicyclic amines) is 1. The molecule has 2 heterocycles. The number of rotatable bonds is 5. The van der Waals surface area contributed by atoms with Gasteiger partial charge in [-0.25, -0.2) is 4.98 Å². The van der Waals surface area contributed by atoms with Gasteiger partial charge in [-0.15, -0.1) is 11.3 Å². The van der Waals surface area contributed by atoms with E-state index < -0.39 is 0 Å². The number of carbonyl (C=O) groups is 2. The van der Waals surface area contributed by atoms with Crippen molar-refractivity contribution in [2.24, 2.45) is 11.7 Å². The van der Waals surface area contributed by atoms with Crippen molar-refractivity contribution >= 4 is 33.4 Å². The predicted octanol–water partition coefficient (Wildman–Crippen LogP) is 0.596. The van der Waals surface area contributed by atoms with E-state index in [1.54, 1.807) is 16.2 Å². The quantitative estimate of drug-likeness (QED) is 0.818. The van der Waals surface area contributed by atoms with Gasteiger partial charge in [-0.3, -0.25) is 9.59 Å². The van der Waals surface area contributed by atoms with Gasteiger partial charge < -0.3 is 15.5 Å². The SMILES string of the molecule is C[C@@H](c1nc2ccccc2s1)N(C)C(=O)C[NH+]1CCC[C@H](C(N)=O)C1. The molecule has 134 valence electrons. The molecule has 3 rings (SSSR count). The van der Waals surface area contributed by atoms with Crippen molar-refractivity contribution in [3.63, 3.8) is 0 Å². The van der Waals surface area contributed by atoms with Gasteiger partial charge >= 0.3 is 0 Å². The van der Waals surface area contributed by atoms with Crippen LogP contribution in [0.5, 0.6) is 0 Å². The first-order chi connectivity index (χ1) is 12.0. The van der Waals surface area contributed by atoms with Crippen LogP contribution < -0.4 is 10.6 Å². The standard InChI is InChI=1S/C18H24N4O2S/c1-12(18-20-14-7-3-4-8-15(14)25-18)21(2)16(23)11-22-9-5-6-13(10-22)17(19)24/h3-4,7-8,12-13H,5-6,9-11H2,1-2H3,(H2,19,24)/p+1/t12-,13-/m0/s1. The van der Waals surface area contributed by atoms with E-state index >= 15 is 0 Å². The molecule has 7 heteroatoms. The lowest BCUT2D eigenvalue weighted by Gasteiger charge is -2.30. The van der Waals surface area contributed by atoms with Crippen molar-refractivity contribution in [2.75, 3.05) is 26.7 Å². The van der Waals surface area contributed by atoms with Crippen LogP contribution in [0.25, 0.3) is 10.2 Å². The van der Waals surface area contributed by atoms with Crippen LogP contribution >= 0.6 is 11.3 Å². The maximum absolute atomic E-state index is 12.7. The number of quaternary nitrogens is 1. The molecule has 0 radical (unpaired) electrons. The van der Waals surface area contributed by atoms with Crippen LogP contribution in [0.1, 0.15) is 30.8 Å². The van der Waals surface area contributed by atoms with Crippen molar-refractivity contribution in [1.29, 1.82) is 0 Å². The number of amides is 2. The minimum absolute atomic E-state index is 0.0685. The number of benzene rings is 1. The Balaban J connectivity index is 1.64. The Morgan fingerprint density at radius 2 is 2.20 bits per heavy atom. The predicted molar refractivity (Wildman–Crippen MR) is 98.3 cm³/mol. The summed E-state index contributed by atoms with van der Waals surface area (Å²) >= 11 is 1.63. The van der Waals surface area contributed by atoms with Crippen molar-refractivity contribution in [3.8, 4) is 0 Å². The fourth-order valence-corrected chi connectivity index (χ4v) is 4.41. The minimum atomic E-state index is -0.249. The molecular formula is C18H25N4O2S+. The zero-order chi connectivity index (χ0) is 18.0. The van der Waals surface area contributed by atoms with Crippen LogP contribution in [-0.4, -0.2) is 48.4 Å². The van der Waals surface area contributed by atoms with Gasteiger partial charge in [-0.2, -0.15) is 0 Å². The van der Waals surface area contributed by atoms with E-state index in [-0.39, 0.29) is 23.8 Å². The van der Waals surface area contributed by atoms with Gasteiger partial charge in [0, 0.05) is 7.05 Å². The summed E-state index contributed by atoms with van der Waals surface area (Å²) in [6.07, 6.45) is 1.78. The van der Waals surface area contributed by atoms with Crippen LogP contribution in [0.3, 0.4) is 0 Å². The second-order valence-electron chi connectivity index (χ2n) is 6.82. The molecule has 1 aliphatic rings. The molecule has 6 nitrogen and oxygen atoms in total. The molecule has 0 bridgehead atoms. The number of nitrogens with one attached hydrogen (secondary N) is 1. The molecule has 2 amide bonds. The van der Waals surface area contributed by atoms with Crippen LogP contribution in [0.15, 0.2) is 24.3 Å². The molecular weight excluding hydrogens is 336 g/mol. The molecule has 1 saturated heterocycles. The second kappa shape index (κ2) is 7.49. The van der Waals surface area contributed by atoms with Gasteiger partial charge in [0.15, 0.2) is 6.54 Å². The molecule has 0 aliphatic carbocycles. The number of nitrogens with zero attached hydrogens (tertiary/aromatic N) is 2. The van der Waals surface area contributed by atoms with Crippen molar-refractivity contribution in [3.05, 3.63) is 29.3 Å². The number of fused-ring (bicyclic) bond motifs is 1. The second-order valence-corrected chi connectivity index (χ2v) is 7.89. The van der Waals surface area contributed by atoms with Gasteiger partial charge in [-0.1, -0.05) is 12.1 Å². The van der Waals surface area contributed by atoms with Gasteiger partial charge in [0.2, 0.25) is 5.91 Å². The first kappa shape index (κ1) is 17.8. The smallest absolute Gasteiger partial charge is 0.278 e. The summed E-state index contributed by atoms with van der Waals surface area (Å²) in [6.45, 7) is 3.98. The number of thiazole rings is 1. The third-order valence-electron chi connectivity index (χ3n) is 5.06. The molecule has 0 saturated carbocycles. The number of para-hydroxylation sites is 1. The van der Waals surface area contributed by atoms with Crippen LogP contribution in [0, 0.1) is 5.92 Å². The Labute approximate surface area is 151 Å². The summed E-state index contributed by atoms with van der Waals surface area (Å²) in [5.41, 5.74) is 6.40. The third-order valence-corrected chi connectivity index (χ3v) is 6.27. The van der Waals surface area contributed by atoms with Crippen LogP contribution in [0.2, 0.25) is 0 Å². The highest BCUT2D eigenvalue weighted by molar-refractivity contribution is 7.18. The van der Waals surface area contributed by atoms with Crippen LogP contribution in [0.4, 0.5) is 0 Å². The fraction of sp³-hybridized carbons (Fsp3) is 0.500. The molecule has 1 aliphatic heterocycles. The van der Waals surface area contributed by atoms with E-state index in [0.29, 0.717) is 13.1 Å². The van der Waals surface area contributed by atoms with E-state index in [1.165, 1.54) is 0 Å². The zero-order valence-electron chi connectivity index (χ0n) is 14.7. The Morgan fingerprint density at radius 1 is 1.44 bits per heavy atom. The summed E-state index contributed by atoms with van der Waals surface area (Å²) in [5, 5.41) is 0.945. The van der Waals surface area contributed by atoms with E-state index in [1.807, 2.05) is 38.2 Å². The third kappa shape index (κ3) is 3.99. The maximum Gasteiger partial charge on any atom is 0.278 e. The van der Waals surface area contributed by atoms with E-state index in [4.69, 9.17) is 5.73 Å². The first-order valence-electron chi connectivity index (χ1n) is 8.69. The number of hydrogen-bond acceptors (Lipinski definition) is 4. The van der Waals surface area contributed by atoms with Gasteiger partial charge in [0.05, 0.1) is 35.3 Å². The molecule has 25 heavy (non-hydrogen) atoms. The molecule has 3 N–H and O–H groups in total. The van der Waals surface area contributed by atoms with E-state index in [2.05, 4.69) is 4.98 Å². The van der Waals surface area contributed by atoms with Crippen LogP contribution in [-0.2, 0) is 9.59 Å². The molecule has 0 spiro atoms. The monoisotopic (exact) mass is 361 g/mol. The molecule has 1 aromatic heterocycles. The average molecular weight is 361 g/mol. The Kier molecular flexibility index (Phi) is 5.34. The van der Waals surface area contributed by atoms with Crippen molar-refractivity contribution < 1.29 is 14.5 Å². The zero-order valence-corrected chi connectivity index (χ0v) is 15.5. The topological polar surface area (TPSA) is 80.7 Å². The maximum atomic E-state index is 12.7. The van der Waals surface area contributed by atoms with E-state index in [9.17, 15) is 9.59 Å². The number of hydrogen-bond donors (Lipinski definition) is 2. The lowest BCUT2D eigenvalue weighted by atomic mass is 9.97. The minimum Gasteiger partial charge on any atom is -0.369 e. The molecule has 1 unspecified atom stereocenters. The highest BCUT2D eigenvalue weighted by Gasteiger charge is 2.30. The number of piperidine rings is 1. The number of nitrogens with two attached hydrogens (primary N) is 1. The summed E-state index contributed by atoms with van der Waals surface area (Å²) in [5.74, 6) is -0.281. The normalized spacial score (nSPS) is 21.8. The highest BCUT2D eigenvalue weighted by atomic mass is 32.1. The number of primary amides is 1. The molecule has 2 aromatic rings. The van der Waals surface area contributed by atoms with Gasteiger partial charge in [0.25, 0.3) is 5.91 Å². The molecule has 1 fully saturated rings. The van der Waals surface area contributed by atoms with Gasteiger partial charge in [0.1, 0.15) is 5.01 Å². The number of carbonyl (C=O) groups excluding carboxylic acids is 2. The van der Waals surface area contributed by atoms with Gasteiger partial charge in [-0.05, 0) is 31.9 Å².